The molecule has 0 radical (unpaired) electrons. The first kappa shape index (κ1) is 16.2. The molecule has 5 heteroatoms. The first-order valence-electron chi connectivity index (χ1n) is 7.83. The molecule has 0 spiro atoms. The van der Waals surface area contributed by atoms with Gasteiger partial charge in [0.2, 0.25) is 5.91 Å². The molecular formula is C19H19FN2O2. The Kier molecular flexibility index (Phi) is 4.09. The third kappa shape index (κ3) is 2.89. The number of hydrogen-bond donors (Lipinski definition) is 1. The van der Waals surface area contributed by atoms with Gasteiger partial charge in [-0.3, -0.25) is 9.59 Å². The zero-order chi connectivity index (χ0) is 17.4. The number of carbonyl (C=O) groups is 2. The summed E-state index contributed by atoms with van der Waals surface area (Å²) in [6.45, 7) is 5.76. The number of benzene rings is 2. The lowest BCUT2D eigenvalue weighted by Gasteiger charge is -2.21. The second kappa shape index (κ2) is 6.07. The van der Waals surface area contributed by atoms with Crippen LogP contribution in [0.15, 0.2) is 36.4 Å². The van der Waals surface area contributed by atoms with Gasteiger partial charge in [-0.05, 0) is 50.1 Å². The summed E-state index contributed by atoms with van der Waals surface area (Å²) in [6, 6.07) is 9.10. The van der Waals surface area contributed by atoms with E-state index in [-0.39, 0.29) is 24.1 Å². The van der Waals surface area contributed by atoms with Crippen molar-refractivity contribution in [3.8, 4) is 0 Å². The van der Waals surface area contributed by atoms with Crippen LogP contribution in [0.25, 0.3) is 0 Å². The second-order valence-electron chi connectivity index (χ2n) is 6.23. The van der Waals surface area contributed by atoms with Crippen molar-refractivity contribution < 1.29 is 14.0 Å². The number of hydrogen-bond acceptors (Lipinski definition) is 3. The van der Waals surface area contributed by atoms with Crippen LogP contribution in [0, 0.1) is 26.6 Å². The van der Waals surface area contributed by atoms with E-state index in [9.17, 15) is 14.0 Å². The van der Waals surface area contributed by atoms with Gasteiger partial charge in [0.1, 0.15) is 11.9 Å². The van der Waals surface area contributed by atoms with Crippen LogP contribution in [0.4, 0.5) is 15.8 Å². The van der Waals surface area contributed by atoms with Gasteiger partial charge < -0.3 is 5.32 Å². The van der Waals surface area contributed by atoms with Crippen molar-refractivity contribution in [1.29, 1.82) is 0 Å². The van der Waals surface area contributed by atoms with Gasteiger partial charge in [-0.15, -0.1) is 0 Å². The Labute approximate surface area is 140 Å². The maximum absolute atomic E-state index is 13.3. The molecule has 1 fully saturated rings. The number of imide groups is 1. The van der Waals surface area contributed by atoms with Crippen LogP contribution in [0.3, 0.4) is 0 Å². The highest BCUT2D eigenvalue weighted by molar-refractivity contribution is 6.23. The second-order valence-corrected chi connectivity index (χ2v) is 6.23. The summed E-state index contributed by atoms with van der Waals surface area (Å²) >= 11 is 0. The standard InChI is InChI=1S/C19H19FN2O2/c1-11-7-12(2)18(13(3)8-11)22-17(23)10-16(19(22)24)21-15-6-4-5-14(20)9-15/h4-9,16,21H,10H2,1-3H3/t16-/m1/s1. The van der Waals surface area contributed by atoms with Gasteiger partial charge in [0.15, 0.2) is 0 Å². The molecule has 24 heavy (non-hydrogen) atoms. The molecule has 0 aliphatic carbocycles. The summed E-state index contributed by atoms with van der Waals surface area (Å²) in [5, 5.41) is 2.96. The van der Waals surface area contributed by atoms with Crippen LogP contribution >= 0.6 is 0 Å². The normalized spacial score (nSPS) is 17.5. The molecule has 0 saturated carbocycles. The number of carbonyl (C=O) groups excluding carboxylic acids is 2. The van der Waals surface area contributed by atoms with Crippen molar-refractivity contribution in [3.05, 3.63) is 58.9 Å². The van der Waals surface area contributed by atoms with Gasteiger partial charge >= 0.3 is 0 Å². The third-order valence-corrected chi connectivity index (χ3v) is 4.17. The van der Waals surface area contributed by atoms with E-state index in [4.69, 9.17) is 0 Å². The van der Waals surface area contributed by atoms with E-state index in [0.717, 1.165) is 16.7 Å². The largest absolute Gasteiger partial charge is 0.373 e. The van der Waals surface area contributed by atoms with Crippen LogP contribution in [0.1, 0.15) is 23.1 Å². The lowest BCUT2D eigenvalue weighted by molar-refractivity contribution is -0.121. The van der Waals surface area contributed by atoms with E-state index in [1.807, 2.05) is 32.9 Å². The van der Waals surface area contributed by atoms with Crippen LogP contribution < -0.4 is 10.2 Å². The fourth-order valence-corrected chi connectivity index (χ4v) is 3.28. The highest BCUT2D eigenvalue weighted by atomic mass is 19.1. The maximum atomic E-state index is 13.3. The molecule has 1 saturated heterocycles. The molecule has 0 unspecified atom stereocenters. The Morgan fingerprint density at radius 2 is 1.75 bits per heavy atom. The van der Waals surface area contributed by atoms with E-state index in [1.165, 1.54) is 17.0 Å². The van der Waals surface area contributed by atoms with Crippen molar-refractivity contribution in [1.82, 2.24) is 0 Å². The molecule has 1 N–H and O–H groups in total. The minimum absolute atomic E-state index is 0.0576. The van der Waals surface area contributed by atoms with Gasteiger partial charge in [0.05, 0.1) is 12.1 Å². The summed E-state index contributed by atoms with van der Waals surface area (Å²) in [4.78, 5) is 26.4. The van der Waals surface area contributed by atoms with E-state index in [0.29, 0.717) is 11.4 Å². The Bertz CT molecular complexity index is 809. The molecule has 1 heterocycles. The highest BCUT2D eigenvalue weighted by Gasteiger charge is 2.40. The van der Waals surface area contributed by atoms with Gasteiger partial charge in [0, 0.05) is 5.69 Å². The van der Waals surface area contributed by atoms with Crippen LogP contribution in [-0.2, 0) is 9.59 Å². The van der Waals surface area contributed by atoms with E-state index in [1.54, 1.807) is 12.1 Å². The Morgan fingerprint density at radius 3 is 2.38 bits per heavy atom. The topological polar surface area (TPSA) is 49.4 Å². The molecule has 2 aromatic carbocycles. The summed E-state index contributed by atoms with van der Waals surface area (Å²) < 4.78 is 13.3. The van der Waals surface area contributed by atoms with E-state index >= 15 is 0 Å². The first-order valence-corrected chi connectivity index (χ1v) is 7.83. The SMILES string of the molecule is Cc1cc(C)c(N2C(=O)C[C@@H](Nc3cccc(F)c3)C2=O)c(C)c1. The summed E-state index contributed by atoms with van der Waals surface area (Å²) in [5.41, 5.74) is 4.00. The van der Waals surface area contributed by atoms with Crippen molar-refractivity contribution >= 4 is 23.2 Å². The van der Waals surface area contributed by atoms with Crippen molar-refractivity contribution in [2.45, 2.75) is 33.2 Å². The van der Waals surface area contributed by atoms with Crippen molar-refractivity contribution in [2.24, 2.45) is 0 Å². The molecule has 0 aromatic heterocycles. The summed E-state index contributed by atoms with van der Waals surface area (Å²) in [7, 11) is 0. The van der Waals surface area contributed by atoms with Gasteiger partial charge in [-0.25, -0.2) is 9.29 Å². The fraction of sp³-hybridized carbons (Fsp3) is 0.263. The van der Waals surface area contributed by atoms with Crippen LogP contribution in [0.5, 0.6) is 0 Å². The monoisotopic (exact) mass is 326 g/mol. The molecule has 2 aromatic rings. The van der Waals surface area contributed by atoms with E-state index < -0.39 is 6.04 Å². The first-order chi connectivity index (χ1) is 11.4. The number of aryl methyl sites for hydroxylation is 3. The molecule has 1 aliphatic rings. The molecule has 3 rings (SSSR count). The number of anilines is 2. The average molecular weight is 326 g/mol. The smallest absolute Gasteiger partial charge is 0.256 e. The third-order valence-electron chi connectivity index (χ3n) is 4.17. The molecule has 1 atom stereocenters. The number of amides is 2. The lowest BCUT2D eigenvalue weighted by Crippen LogP contribution is -2.35. The van der Waals surface area contributed by atoms with Crippen LogP contribution in [0.2, 0.25) is 0 Å². The Balaban J connectivity index is 1.90. The maximum Gasteiger partial charge on any atom is 0.256 e. The molecule has 2 amide bonds. The quantitative estimate of drug-likeness (QED) is 0.878. The predicted molar refractivity (Wildman–Crippen MR) is 91.6 cm³/mol. The molecular weight excluding hydrogens is 307 g/mol. The van der Waals surface area contributed by atoms with Crippen molar-refractivity contribution in [3.63, 3.8) is 0 Å². The minimum Gasteiger partial charge on any atom is -0.373 e. The fourth-order valence-electron chi connectivity index (χ4n) is 3.28. The van der Waals surface area contributed by atoms with Crippen LogP contribution in [-0.4, -0.2) is 17.9 Å². The molecule has 4 nitrogen and oxygen atoms in total. The minimum atomic E-state index is -0.681. The average Bonchev–Trinajstić information content (AvgIpc) is 2.74. The van der Waals surface area contributed by atoms with E-state index in [2.05, 4.69) is 5.32 Å². The Morgan fingerprint density at radius 1 is 1.08 bits per heavy atom. The molecule has 124 valence electrons. The Hall–Kier alpha value is -2.69. The van der Waals surface area contributed by atoms with Gasteiger partial charge in [-0.1, -0.05) is 23.8 Å². The zero-order valence-electron chi connectivity index (χ0n) is 13.9. The highest BCUT2D eigenvalue weighted by Crippen LogP contribution is 2.31. The zero-order valence-corrected chi connectivity index (χ0v) is 13.9. The van der Waals surface area contributed by atoms with Gasteiger partial charge in [0.25, 0.3) is 5.91 Å². The van der Waals surface area contributed by atoms with Gasteiger partial charge in [-0.2, -0.15) is 0 Å². The number of nitrogens with one attached hydrogen (secondary N) is 1. The predicted octanol–water partition coefficient (Wildman–Crippen LogP) is 3.49. The lowest BCUT2D eigenvalue weighted by atomic mass is 10.0. The number of rotatable bonds is 3. The molecule has 0 bridgehead atoms. The van der Waals surface area contributed by atoms with Crippen molar-refractivity contribution in [2.75, 3.05) is 10.2 Å². The number of halogens is 1. The molecule has 1 aliphatic heterocycles. The summed E-state index contributed by atoms with van der Waals surface area (Å²) in [6.07, 6.45) is 0.0576. The summed E-state index contributed by atoms with van der Waals surface area (Å²) in [5.74, 6) is -0.942. The number of nitrogens with zero attached hydrogens (tertiary/aromatic N) is 1.